The molecule has 1 rings (SSSR count). The second-order valence-electron chi connectivity index (χ2n) is 3.85. The number of ether oxygens (including phenoxy) is 1. The van der Waals surface area contributed by atoms with Crippen LogP contribution in [0.2, 0.25) is 0 Å². The predicted molar refractivity (Wildman–Crippen MR) is 56.8 cm³/mol. The number of amides is 1. The van der Waals surface area contributed by atoms with Crippen molar-refractivity contribution in [3.8, 4) is 0 Å². The van der Waals surface area contributed by atoms with E-state index >= 15 is 0 Å². The van der Waals surface area contributed by atoms with Crippen LogP contribution < -0.4 is 10.6 Å². The lowest BCUT2D eigenvalue weighted by Crippen LogP contribution is -2.51. The van der Waals surface area contributed by atoms with E-state index in [1.165, 1.54) is 6.92 Å². The molecule has 6 nitrogen and oxygen atoms in total. The first-order valence-electron chi connectivity index (χ1n) is 5.44. The van der Waals surface area contributed by atoms with Crippen molar-refractivity contribution in [2.24, 2.45) is 0 Å². The zero-order valence-electron chi connectivity index (χ0n) is 9.36. The van der Waals surface area contributed by atoms with Crippen molar-refractivity contribution in [2.45, 2.75) is 38.5 Å². The Kier molecular flexibility index (Phi) is 5.21. The first-order valence-corrected chi connectivity index (χ1v) is 5.44. The quantitative estimate of drug-likeness (QED) is 0.603. The molecule has 2 atom stereocenters. The highest BCUT2D eigenvalue weighted by molar-refractivity contribution is 5.77. The van der Waals surface area contributed by atoms with Gasteiger partial charge >= 0.3 is 5.97 Å². The molecule has 0 radical (unpaired) electrons. The van der Waals surface area contributed by atoms with Crippen LogP contribution in [0, 0.1) is 0 Å². The van der Waals surface area contributed by atoms with Gasteiger partial charge in [0.2, 0.25) is 5.91 Å². The number of nitrogens with one attached hydrogen (secondary N) is 2. The fourth-order valence-electron chi connectivity index (χ4n) is 1.56. The highest BCUT2D eigenvalue weighted by Crippen LogP contribution is 2.10. The number of carbonyl (C=O) groups is 2. The van der Waals surface area contributed by atoms with E-state index in [-0.39, 0.29) is 18.7 Å². The van der Waals surface area contributed by atoms with E-state index in [0.29, 0.717) is 6.61 Å². The van der Waals surface area contributed by atoms with E-state index in [9.17, 15) is 9.59 Å². The second-order valence-corrected chi connectivity index (χ2v) is 3.85. The lowest BCUT2D eigenvalue weighted by atomic mass is 10.1. The third kappa shape index (κ3) is 4.59. The monoisotopic (exact) mass is 230 g/mol. The van der Waals surface area contributed by atoms with E-state index in [0.717, 1.165) is 19.3 Å². The number of rotatable bonds is 5. The molecule has 1 aliphatic rings. The van der Waals surface area contributed by atoms with Crippen LogP contribution in [0.5, 0.6) is 0 Å². The smallest absolute Gasteiger partial charge is 0.322 e. The zero-order chi connectivity index (χ0) is 12.0. The van der Waals surface area contributed by atoms with Crippen LogP contribution in [0.4, 0.5) is 0 Å². The van der Waals surface area contributed by atoms with Crippen molar-refractivity contribution in [3.05, 3.63) is 0 Å². The summed E-state index contributed by atoms with van der Waals surface area (Å²) in [4.78, 5) is 21.6. The van der Waals surface area contributed by atoms with Crippen molar-refractivity contribution in [1.82, 2.24) is 10.6 Å². The van der Waals surface area contributed by atoms with Gasteiger partial charge in [0.15, 0.2) is 0 Å². The van der Waals surface area contributed by atoms with Gasteiger partial charge in [-0.15, -0.1) is 0 Å². The van der Waals surface area contributed by atoms with Gasteiger partial charge in [0, 0.05) is 20.1 Å². The summed E-state index contributed by atoms with van der Waals surface area (Å²) in [5, 5.41) is 14.3. The van der Waals surface area contributed by atoms with Gasteiger partial charge in [-0.1, -0.05) is 0 Å². The molecule has 1 unspecified atom stereocenters. The van der Waals surface area contributed by atoms with Gasteiger partial charge in [0.25, 0.3) is 0 Å². The molecule has 0 aromatic rings. The largest absolute Gasteiger partial charge is 0.480 e. The number of carboxylic acids is 1. The summed E-state index contributed by atoms with van der Waals surface area (Å²) in [5.74, 6) is -1.22. The van der Waals surface area contributed by atoms with Crippen molar-refractivity contribution in [2.75, 3.05) is 13.2 Å². The van der Waals surface area contributed by atoms with Gasteiger partial charge in [0.05, 0.1) is 0 Å². The molecule has 1 amide bonds. The Morgan fingerprint density at radius 1 is 1.50 bits per heavy atom. The van der Waals surface area contributed by atoms with Crippen LogP contribution in [-0.4, -0.2) is 42.4 Å². The molecule has 6 heteroatoms. The summed E-state index contributed by atoms with van der Waals surface area (Å²) in [6, 6.07) is -0.799. The molecule has 0 aliphatic carbocycles. The van der Waals surface area contributed by atoms with Gasteiger partial charge in [-0.05, 0) is 19.3 Å². The van der Waals surface area contributed by atoms with Crippen LogP contribution in [0.15, 0.2) is 0 Å². The van der Waals surface area contributed by atoms with Crippen molar-refractivity contribution in [3.63, 3.8) is 0 Å². The summed E-state index contributed by atoms with van der Waals surface area (Å²) in [5.41, 5.74) is 0. The summed E-state index contributed by atoms with van der Waals surface area (Å²) < 4.78 is 5.38. The minimum absolute atomic E-state index is 0.0739. The molecule has 0 bridgehead atoms. The molecule has 1 saturated heterocycles. The van der Waals surface area contributed by atoms with Crippen molar-refractivity contribution < 1.29 is 19.4 Å². The number of hydrogen-bond donors (Lipinski definition) is 3. The minimum Gasteiger partial charge on any atom is -0.480 e. The maximum absolute atomic E-state index is 10.9. The number of carbonyl (C=O) groups excluding carboxylic acids is 1. The molecule has 0 saturated carbocycles. The molecule has 16 heavy (non-hydrogen) atoms. The Balaban J connectivity index is 2.37. The fourth-order valence-corrected chi connectivity index (χ4v) is 1.56. The Labute approximate surface area is 94.3 Å². The van der Waals surface area contributed by atoms with E-state index in [4.69, 9.17) is 9.84 Å². The molecule has 0 aromatic heterocycles. The maximum Gasteiger partial charge on any atom is 0.322 e. The molecule has 1 heterocycles. The Morgan fingerprint density at radius 3 is 2.75 bits per heavy atom. The van der Waals surface area contributed by atoms with E-state index in [1.807, 2.05) is 0 Å². The minimum atomic E-state index is -0.983. The lowest BCUT2D eigenvalue weighted by Gasteiger charge is -2.26. The number of hydrogen-bond acceptors (Lipinski definition) is 4. The Hall–Kier alpha value is -1.14. The van der Waals surface area contributed by atoms with Crippen LogP contribution in [0.3, 0.4) is 0 Å². The molecule has 0 spiro atoms. The van der Waals surface area contributed by atoms with Crippen LogP contribution >= 0.6 is 0 Å². The lowest BCUT2D eigenvalue weighted by molar-refractivity contribution is -0.141. The number of aliphatic carboxylic acids is 1. The molecular formula is C10H18N2O4. The first-order chi connectivity index (χ1) is 7.59. The van der Waals surface area contributed by atoms with E-state index in [2.05, 4.69) is 10.6 Å². The standard InChI is InChI=1S/C10H18N2O4/c1-7(13)11-6-8(10(14)15)12-9-4-2-3-5-16-9/h8-9,12H,2-6H2,1H3,(H,11,13)(H,14,15)/t8-,9?/m0/s1. The summed E-state index contributed by atoms with van der Waals surface area (Å²) in [6.45, 7) is 2.09. The molecule has 0 aromatic carbocycles. The first kappa shape index (κ1) is 12.9. The van der Waals surface area contributed by atoms with Gasteiger partial charge in [0.1, 0.15) is 12.3 Å². The van der Waals surface area contributed by atoms with E-state index < -0.39 is 12.0 Å². The highest BCUT2D eigenvalue weighted by Gasteiger charge is 2.23. The summed E-state index contributed by atoms with van der Waals surface area (Å²) in [6.07, 6.45) is 2.64. The predicted octanol–water partition coefficient (Wildman–Crippen LogP) is -0.308. The third-order valence-electron chi connectivity index (χ3n) is 2.42. The fraction of sp³-hybridized carbons (Fsp3) is 0.800. The Bertz CT molecular complexity index is 251. The van der Waals surface area contributed by atoms with Gasteiger partial charge < -0.3 is 15.2 Å². The highest BCUT2D eigenvalue weighted by atomic mass is 16.5. The van der Waals surface area contributed by atoms with Crippen LogP contribution in [0.1, 0.15) is 26.2 Å². The van der Waals surface area contributed by atoms with Crippen molar-refractivity contribution in [1.29, 1.82) is 0 Å². The van der Waals surface area contributed by atoms with E-state index in [1.54, 1.807) is 0 Å². The second kappa shape index (κ2) is 6.44. The summed E-state index contributed by atoms with van der Waals surface area (Å²) >= 11 is 0. The average molecular weight is 230 g/mol. The molecular weight excluding hydrogens is 212 g/mol. The van der Waals surface area contributed by atoms with Crippen LogP contribution in [-0.2, 0) is 14.3 Å². The summed E-state index contributed by atoms with van der Waals surface area (Å²) in [7, 11) is 0. The zero-order valence-corrected chi connectivity index (χ0v) is 9.36. The van der Waals surface area contributed by atoms with Gasteiger partial charge in [-0.2, -0.15) is 0 Å². The molecule has 1 fully saturated rings. The SMILES string of the molecule is CC(=O)NC[C@H](NC1CCCCO1)C(=O)O. The topological polar surface area (TPSA) is 87.7 Å². The Morgan fingerprint density at radius 2 is 2.25 bits per heavy atom. The normalized spacial score (nSPS) is 22.4. The van der Waals surface area contributed by atoms with Crippen LogP contribution in [0.25, 0.3) is 0 Å². The molecule has 92 valence electrons. The van der Waals surface area contributed by atoms with Gasteiger partial charge in [-0.3, -0.25) is 14.9 Å². The molecule has 1 aliphatic heterocycles. The maximum atomic E-state index is 10.9. The number of carboxylic acid groups (broad SMARTS) is 1. The van der Waals surface area contributed by atoms with Crippen molar-refractivity contribution >= 4 is 11.9 Å². The average Bonchev–Trinajstić information content (AvgIpc) is 2.25. The third-order valence-corrected chi connectivity index (χ3v) is 2.42. The van der Waals surface area contributed by atoms with Gasteiger partial charge in [-0.25, -0.2) is 0 Å². The molecule has 3 N–H and O–H groups in total.